The molecule has 5 aliphatic rings. The number of hydrogen-bond donors (Lipinski definition) is 0. The zero-order chi connectivity index (χ0) is 23.4. The highest BCUT2D eigenvalue weighted by Gasteiger charge is 2.68. The summed E-state index contributed by atoms with van der Waals surface area (Å²) in [5, 5.41) is 0. The van der Waals surface area contributed by atoms with Crippen LogP contribution in [0.3, 0.4) is 0 Å². The lowest BCUT2D eigenvalue weighted by Gasteiger charge is -2.64. The summed E-state index contributed by atoms with van der Waals surface area (Å²) >= 11 is 0. The van der Waals surface area contributed by atoms with Crippen molar-refractivity contribution in [3.63, 3.8) is 0 Å². The summed E-state index contributed by atoms with van der Waals surface area (Å²) in [6, 6.07) is 2.21. The second kappa shape index (κ2) is 8.92. The Bertz CT molecular complexity index is 834. The van der Waals surface area contributed by atoms with Gasteiger partial charge in [0.05, 0.1) is 30.8 Å². The van der Waals surface area contributed by atoms with Crippen molar-refractivity contribution in [1.82, 2.24) is 4.90 Å². The van der Waals surface area contributed by atoms with Gasteiger partial charge in [0, 0.05) is 19.1 Å². The first-order valence-electron chi connectivity index (χ1n) is 14.4. The summed E-state index contributed by atoms with van der Waals surface area (Å²) in [7, 11) is 2.03. The molecule has 2 heterocycles. The Morgan fingerprint density at radius 2 is 1.85 bits per heavy atom. The van der Waals surface area contributed by atoms with E-state index in [-0.39, 0.29) is 11.0 Å². The van der Waals surface area contributed by atoms with Gasteiger partial charge in [0.2, 0.25) is 0 Å². The van der Waals surface area contributed by atoms with E-state index in [9.17, 15) is 0 Å². The third-order valence-electron chi connectivity index (χ3n) is 12.0. The zero-order valence-corrected chi connectivity index (χ0v) is 21.9. The van der Waals surface area contributed by atoms with Crippen LogP contribution in [0, 0.1) is 28.6 Å². The molecule has 1 aliphatic heterocycles. The van der Waals surface area contributed by atoms with Crippen LogP contribution < -0.4 is 0 Å². The lowest BCUT2D eigenvalue weighted by Crippen LogP contribution is -2.62. The van der Waals surface area contributed by atoms with Crippen molar-refractivity contribution in [2.24, 2.45) is 28.6 Å². The van der Waals surface area contributed by atoms with Crippen molar-refractivity contribution in [2.75, 3.05) is 33.4 Å². The van der Waals surface area contributed by atoms with Gasteiger partial charge in [-0.3, -0.25) is 0 Å². The quantitative estimate of drug-likeness (QED) is 0.467. The molecule has 6 rings (SSSR count). The van der Waals surface area contributed by atoms with E-state index in [2.05, 4.69) is 24.8 Å². The van der Waals surface area contributed by atoms with Gasteiger partial charge >= 0.3 is 0 Å². The Hall–Kier alpha value is -0.840. The number of furan rings is 1. The van der Waals surface area contributed by atoms with Crippen molar-refractivity contribution in [2.45, 2.75) is 102 Å². The van der Waals surface area contributed by atoms with Gasteiger partial charge in [-0.2, -0.15) is 0 Å². The fourth-order valence-electron chi connectivity index (χ4n) is 10.2. The standard InChI is InChI=1S/C30H47NO3/c1-28-12-8-24(34-19-17-31-15-4-5-16-31)20-23(28)6-7-27-26(28)9-13-29(2)25(22-11-18-33-21-22)10-14-30(27,29)32-3/h11,18,21,23-27H,4-10,12-17,19-20H2,1-3H3/t23?,24?,25?,26-,27-,28+,29-,30-/m1/s1. The Kier molecular flexibility index (Phi) is 6.18. The molecule has 8 atom stereocenters. The number of rotatable bonds is 6. The highest BCUT2D eigenvalue weighted by molar-refractivity contribution is 5.27. The monoisotopic (exact) mass is 469 g/mol. The molecule has 3 unspecified atom stereocenters. The van der Waals surface area contributed by atoms with Crippen molar-refractivity contribution in [3.05, 3.63) is 24.2 Å². The molecule has 4 saturated carbocycles. The molecule has 1 aromatic rings. The molecular weight excluding hydrogens is 422 g/mol. The molecule has 0 bridgehead atoms. The van der Waals surface area contributed by atoms with Crippen LogP contribution in [0.1, 0.15) is 96.0 Å². The Morgan fingerprint density at radius 1 is 1.00 bits per heavy atom. The predicted octanol–water partition coefficient (Wildman–Crippen LogP) is 6.66. The minimum Gasteiger partial charge on any atom is -0.472 e. The van der Waals surface area contributed by atoms with Crippen LogP contribution in [-0.4, -0.2) is 50.0 Å². The number of ether oxygens (including phenoxy) is 2. The van der Waals surface area contributed by atoms with E-state index in [0.29, 0.717) is 23.4 Å². The van der Waals surface area contributed by atoms with Gasteiger partial charge in [0.15, 0.2) is 0 Å². The fraction of sp³-hybridized carbons (Fsp3) is 0.867. The average molecular weight is 470 g/mol. The maximum Gasteiger partial charge on any atom is 0.0937 e. The molecule has 1 aromatic heterocycles. The van der Waals surface area contributed by atoms with Gasteiger partial charge in [0.25, 0.3) is 0 Å². The molecular formula is C30H47NO3. The number of methoxy groups -OCH3 is 1. The molecule has 0 N–H and O–H groups in total. The van der Waals surface area contributed by atoms with Crippen molar-refractivity contribution >= 4 is 0 Å². The minimum atomic E-state index is 0.0227. The predicted molar refractivity (Wildman–Crippen MR) is 135 cm³/mol. The van der Waals surface area contributed by atoms with Crippen LogP contribution in [0.15, 0.2) is 23.0 Å². The van der Waals surface area contributed by atoms with Gasteiger partial charge in [-0.15, -0.1) is 0 Å². The molecule has 34 heavy (non-hydrogen) atoms. The maximum atomic E-state index is 6.69. The SMILES string of the molecule is CO[C@@]12CCC(c3ccoc3)[C@@]1(C)CC[C@@H]1[C@H]2CCC2CC(OCCN3CCCC3)CC[C@@]21C. The zero-order valence-electron chi connectivity index (χ0n) is 21.9. The topological polar surface area (TPSA) is 34.8 Å². The Labute approximate surface area is 207 Å². The summed E-state index contributed by atoms with van der Waals surface area (Å²) in [6.07, 6.45) is 18.8. The summed E-state index contributed by atoms with van der Waals surface area (Å²) in [6.45, 7) is 9.83. The maximum absolute atomic E-state index is 6.69. The van der Waals surface area contributed by atoms with E-state index in [1.807, 2.05) is 19.6 Å². The number of fused-ring (bicyclic) bond motifs is 5. The molecule has 4 heteroatoms. The number of hydrogen-bond acceptors (Lipinski definition) is 4. The van der Waals surface area contributed by atoms with Crippen LogP contribution in [-0.2, 0) is 9.47 Å². The molecule has 1 saturated heterocycles. The van der Waals surface area contributed by atoms with E-state index < -0.39 is 0 Å². The molecule has 5 fully saturated rings. The van der Waals surface area contributed by atoms with E-state index in [0.717, 1.165) is 25.0 Å². The highest BCUT2D eigenvalue weighted by atomic mass is 16.5. The van der Waals surface area contributed by atoms with Crippen LogP contribution in [0.25, 0.3) is 0 Å². The van der Waals surface area contributed by atoms with Crippen molar-refractivity contribution in [3.8, 4) is 0 Å². The lowest BCUT2D eigenvalue weighted by atomic mass is 9.43. The van der Waals surface area contributed by atoms with Crippen LogP contribution in [0.2, 0.25) is 0 Å². The second-order valence-corrected chi connectivity index (χ2v) is 13.0. The molecule has 0 amide bonds. The molecule has 190 valence electrons. The van der Waals surface area contributed by atoms with Gasteiger partial charge in [0.1, 0.15) is 0 Å². The van der Waals surface area contributed by atoms with Gasteiger partial charge in [-0.25, -0.2) is 0 Å². The third kappa shape index (κ3) is 3.49. The van der Waals surface area contributed by atoms with Gasteiger partial charge in [-0.1, -0.05) is 13.8 Å². The second-order valence-electron chi connectivity index (χ2n) is 13.0. The first-order valence-corrected chi connectivity index (χ1v) is 14.4. The average Bonchev–Trinajstić information content (AvgIpc) is 3.59. The first kappa shape index (κ1) is 23.6. The summed E-state index contributed by atoms with van der Waals surface area (Å²) < 4.78 is 18.7. The summed E-state index contributed by atoms with van der Waals surface area (Å²) in [5.41, 5.74) is 2.09. The molecule has 4 aliphatic carbocycles. The fourth-order valence-corrected chi connectivity index (χ4v) is 10.2. The van der Waals surface area contributed by atoms with Crippen molar-refractivity contribution in [1.29, 1.82) is 0 Å². The van der Waals surface area contributed by atoms with Crippen LogP contribution >= 0.6 is 0 Å². The largest absolute Gasteiger partial charge is 0.472 e. The summed E-state index contributed by atoms with van der Waals surface area (Å²) in [5.74, 6) is 2.89. The van der Waals surface area contributed by atoms with Crippen LogP contribution in [0.5, 0.6) is 0 Å². The molecule has 0 spiro atoms. The van der Waals surface area contributed by atoms with E-state index in [4.69, 9.17) is 13.9 Å². The van der Waals surface area contributed by atoms with E-state index in [1.54, 1.807) is 0 Å². The molecule has 4 nitrogen and oxygen atoms in total. The number of likely N-dealkylation sites (tertiary alicyclic amines) is 1. The highest BCUT2D eigenvalue weighted by Crippen LogP contribution is 2.71. The molecule has 0 aromatic carbocycles. The minimum absolute atomic E-state index is 0.0227. The van der Waals surface area contributed by atoms with Gasteiger partial charge < -0.3 is 18.8 Å². The smallest absolute Gasteiger partial charge is 0.0937 e. The Morgan fingerprint density at radius 3 is 2.62 bits per heavy atom. The summed E-state index contributed by atoms with van der Waals surface area (Å²) in [4.78, 5) is 2.58. The lowest BCUT2D eigenvalue weighted by molar-refractivity contribution is -0.220. The molecule has 0 radical (unpaired) electrons. The van der Waals surface area contributed by atoms with Gasteiger partial charge in [-0.05, 0) is 124 Å². The Balaban J connectivity index is 1.16. The number of nitrogens with zero attached hydrogens (tertiary/aromatic N) is 1. The van der Waals surface area contributed by atoms with Crippen LogP contribution in [0.4, 0.5) is 0 Å². The third-order valence-corrected chi connectivity index (χ3v) is 12.0. The van der Waals surface area contributed by atoms with E-state index in [1.165, 1.54) is 89.3 Å². The normalized spacial score (nSPS) is 46.7. The van der Waals surface area contributed by atoms with E-state index >= 15 is 0 Å². The first-order chi connectivity index (χ1) is 16.5. The van der Waals surface area contributed by atoms with Crippen molar-refractivity contribution < 1.29 is 13.9 Å².